The Bertz CT molecular complexity index is 355. The molecule has 0 saturated heterocycles. The van der Waals surface area contributed by atoms with E-state index >= 15 is 0 Å². The van der Waals surface area contributed by atoms with Crippen molar-refractivity contribution in [3.05, 3.63) is 29.8 Å². The first-order chi connectivity index (χ1) is 8.76. The fourth-order valence-electron chi connectivity index (χ4n) is 1.51. The Kier molecular flexibility index (Phi) is 9.94. The molecule has 2 N–H and O–H groups in total. The predicted molar refractivity (Wildman–Crippen MR) is 80.1 cm³/mol. The van der Waals surface area contributed by atoms with Crippen LogP contribution in [0.1, 0.15) is 18.9 Å². The molecule has 0 aliphatic carbocycles. The van der Waals surface area contributed by atoms with Crippen LogP contribution in [0.3, 0.4) is 0 Å². The average molecular weight is 287 g/mol. The molecule has 0 atom stereocenters. The van der Waals surface area contributed by atoms with Gasteiger partial charge in [-0.05, 0) is 44.1 Å². The predicted octanol–water partition coefficient (Wildman–Crippen LogP) is 1.78. The van der Waals surface area contributed by atoms with Gasteiger partial charge in [0, 0.05) is 6.54 Å². The van der Waals surface area contributed by atoms with Crippen molar-refractivity contribution in [1.29, 1.82) is 0 Å². The third kappa shape index (κ3) is 7.70. The smallest absolute Gasteiger partial charge is 0.257 e. The number of nitrogens with one attached hydrogen (secondary N) is 2. The minimum atomic E-state index is -0.0781. The zero-order chi connectivity index (χ0) is 13.2. The van der Waals surface area contributed by atoms with E-state index in [2.05, 4.69) is 17.6 Å². The van der Waals surface area contributed by atoms with Gasteiger partial charge in [0.05, 0.1) is 0 Å². The Morgan fingerprint density at radius 2 is 1.89 bits per heavy atom. The molecule has 5 heteroatoms. The number of halogens is 1. The molecular weight excluding hydrogens is 264 g/mol. The average Bonchev–Trinajstić information content (AvgIpc) is 2.42. The van der Waals surface area contributed by atoms with Gasteiger partial charge in [-0.1, -0.05) is 19.1 Å². The van der Waals surface area contributed by atoms with Gasteiger partial charge in [0.1, 0.15) is 5.75 Å². The summed E-state index contributed by atoms with van der Waals surface area (Å²) >= 11 is 0. The molecule has 0 unspecified atom stereocenters. The maximum Gasteiger partial charge on any atom is 0.257 e. The number of hydrogen-bond donors (Lipinski definition) is 2. The molecule has 0 aliphatic heterocycles. The normalized spacial score (nSPS) is 9.58. The number of aryl methyl sites for hydroxylation is 1. The number of carbonyl (C=O) groups excluding carboxylic acids is 1. The summed E-state index contributed by atoms with van der Waals surface area (Å²) in [6, 6.07) is 7.82. The van der Waals surface area contributed by atoms with Crippen LogP contribution in [0.4, 0.5) is 0 Å². The van der Waals surface area contributed by atoms with Gasteiger partial charge in [-0.2, -0.15) is 0 Å². The minimum Gasteiger partial charge on any atom is -0.484 e. The summed E-state index contributed by atoms with van der Waals surface area (Å²) in [5.74, 6) is 0.656. The van der Waals surface area contributed by atoms with Gasteiger partial charge in [-0.15, -0.1) is 12.4 Å². The standard InChI is InChI=1S/C14H22N2O2.ClH/c1-3-12-5-7-13(8-6-12)18-11-14(17)16-10-4-9-15-2;/h5-8,15H,3-4,9-11H2,1-2H3,(H,16,17);1H. The first-order valence-corrected chi connectivity index (χ1v) is 6.39. The third-order valence-electron chi connectivity index (χ3n) is 2.63. The molecule has 0 bridgehead atoms. The number of amides is 1. The minimum absolute atomic E-state index is 0. The van der Waals surface area contributed by atoms with Gasteiger partial charge in [-0.3, -0.25) is 4.79 Å². The summed E-state index contributed by atoms with van der Waals surface area (Å²) in [5, 5.41) is 5.83. The molecule has 4 nitrogen and oxygen atoms in total. The summed E-state index contributed by atoms with van der Waals surface area (Å²) in [5.41, 5.74) is 1.26. The number of ether oxygens (including phenoxy) is 1. The van der Waals surface area contributed by atoms with Gasteiger partial charge < -0.3 is 15.4 Å². The first-order valence-electron chi connectivity index (χ1n) is 6.39. The van der Waals surface area contributed by atoms with Gasteiger partial charge in [0.25, 0.3) is 5.91 Å². The second-order valence-electron chi connectivity index (χ2n) is 4.09. The van der Waals surface area contributed by atoms with E-state index < -0.39 is 0 Å². The Morgan fingerprint density at radius 3 is 2.47 bits per heavy atom. The SMILES string of the molecule is CCc1ccc(OCC(=O)NCCCNC)cc1.Cl. The molecule has 1 rings (SSSR count). The molecule has 0 saturated carbocycles. The monoisotopic (exact) mass is 286 g/mol. The topological polar surface area (TPSA) is 50.4 Å². The van der Waals surface area contributed by atoms with Crippen LogP contribution in [0.2, 0.25) is 0 Å². The van der Waals surface area contributed by atoms with Gasteiger partial charge >= 0.3 is 0 Å². The van der Waals surface area contributed by atoms with E-state index in [1.54, 1.807) is 0 Å². The third-order valence-corrected chi connectivity index (χ3v) is 2.63. The number of rotatable bonds is 8. The highest BCUT2D eigenvalue weighted by atomic mass is 35.5. The summed E-state index contributed by atoms with van der Waals surface area (Å²) in [6.45, 7) is 3.76. The molecule has 0 aliphatic rings. The lowest BCUT2D eigenvalue weighted by Gasteiger charge is -2.07. The van der Waals surface area contributed by atoms with Crippen molar-refractivity contribution in [2.75, 3.05) is 26.7 Å². The van der Waals surface area contributed by atoms with Crippen molar-refractivity contribution in [2.45, 2.75) is 19.8 Å². The van der Waals surface area contributed by atoms with Crippen LogP contribution < -0.4 is 15.4 Å². The molecule has 0 aromatic heterocycles. The van der Waals surface area contributed by atoms with E-state index in [9.17, 15) is 4.79 Å². The largest absolute Gasteiger partial charge is 0.484 e. The first kappa shape index (κ1) is 17.7. The lowest BCUT2D eigenvalue weighted by Crippen LogP contribution is -2.30. The van der Waals surface area contributed by atoms with Crippen molar-refractivity contribution < 1.29 is 9.53 Å². The van der Waals surface area contributed by atoms with Crippen LogP contribution in [0.15, 0.2) is 24.3 Å². The maximum absolute atomic E-state index is 11.4. The van der Waals surface area contributed by atoms with Crippen molar-refractivity contribution in [3.63, 3.8) is 0 Å². The van der Waals surface area contributed by atoms with Crippen molar-refractivity contribution in [3.8, 4) is 5.75 Å². The van der Waals surface area contributed by atoms with E-state index in [-0.39, 0.29) is 24.9 Å². The highest BCUT2D eigenvalue weighted by Gasteiger charge is 2.01. The van der Waals surface area contributed by atoms with Gasteiger partial charge in [0.2, 0.25) is 0 Å². The summed E-state index contributed by atoms with van der Waals surface area (Å²) in [6.07, 6.45) is 1.93. The molecule has 1 amide bonds. The van der Waals surface area contributed by atoms with E-state index in [0.29, 0.717) is 6.54 Å². The highest BCUT2D eigenvalue weighted by molar-refractivity contribution is 5.85. The summed E-state index contributed by atoms with van der Waals surface area (Å²) < 4.78 is 5.40. The molecule has 0 fully saturated rings. The van der Waals surface area contributed by atoms with E-state index in [0.717, 1.165) is 25.1 Å². The molecule has 0 heterocycles. The molecule has 1 aromatic carbocycles. The lowest BCUT2D eigenvalue weighted by molar-refractivity contribution is -0.123. The van der Waals surface area contributed by atoms with Crippen molar-refractivity contribution in [1.82, 2.24) is 10.6 Å². The van der Waals surface area contributed by atoms with Crippen LogP contribution in [-0.2, 0) is 11.2 Å². The maximum atomic E-state index is 11.4. The van der Waals surface area contributed by atoms with Crippen LogP contribution in [0.25, 0.3) is 0 Å². The van der Waals surface area contributed by atoms with Crippen LogP contribution in [0.5, 0.6) is 5.75 Å². The Balaban J connectivity index is 0.00000324. The molecule has 108 valence electrons. The van der Waals surface area contributed by atoms with E-state index in [1.165, 1.54) is 5.56 Å². The van der Waals surface area contributed by atoms with Gasteiger partial charge in [-0.25, -0.2) is 0 Å². The zero-order valence-corrected chi connectivity index (χ0v) is 12.4. The van der Waals surface area contributed by atoms with E-state index in [1.807, 2.05) is 31.3 Å². The molecule has 19 heavy (non-hydrogen) atoms. The Hall–Kier alpha value is -1.26. The van der Waals surface area contributed by atoms with Crippen molar-refractivity contribution in [2.24, 2.45) is 0 Å². The Labute approximate surface area is 121 Å². The second-order valence-corrected chi connectivity index (χ2v) is 4.09. The second kappa shape index (κ2) is 10.6. The van der Waals surface area contributed by atoms with Crippen LogP contribution in [0, 0.1) is 0 Å². The number of hydrogen-bond acceptors (Lipinski definition) is 3. The molecular formula is C14H23ClN2O2. The molecule has 1 aromatic rings. The lowest BCUT2D eigenvalue weighted by atomic mass is 10.2. The zero-order valence-electron chi connectivity index (χ0n) is 11.6. The highest BCUT2D eigenvalue weighted by Crippen LogP contribution is 2.12. The summed E-state index contributed by atoms with van der Waals surface area (Å²) in [4.78, 5) is 11.4. The quantitative estimate of drug-likeness (QED) is 0.716. The summed E-state index contributed by atoms with van der Waals surface area (Å²) in [7, 11) is 1.89. The number of carbonyl (C=O) groups is 1. The Morgan fingerprint density at radius 1 is 1.21 bits per heavy atom. The fourth-order valence-corrected chi connectivity index (χ4v) is 1.51. The van der Waals surface area contributed by atoms with E-state index in [4.69, 9.17) is 4.74 Å². The van der Waals surface area contributed by atoms with Crippen molar-refractivity contribution >= 4 is 18.3 Å². The van der Waals surface area contributed by atoms with Gasteiger partial charge in [0.15, 0.2) is 6.61 Å². The van der Waals surface area contributed by atoms with Crippen LogP contribution >= 0.6 is 12.4 Å². The number of benzene rings is 1. The van der Waals surface area contributed by atoms with Crippen LogP contribution in [-0.4, -0.2) is 32.7 Å². The molecule has 0 radical (unpaired) electrons. The fraction of sp³-hybridized carbons (Fsp3) is 0.500. The molecule has 0 spiro atoms.